The monoisotopic (exact) mass is 354 g/mol. The first-order chi connectivity index (χ1) is 8.43. The third-order valence-electron chi connectivity index (χ3n) is 3.08. The van der Waals surface area contributed by atoms with Crippen molar-refractivity contribution < 1.29 is 5.11 Å². The van der Waals surface area contributed by atoms with Gasteiger partial charge >= 0.3 is 0 Å². The highest BCUT2D eigenvalue weighted by atomic mass is 127. The number of aryl methyl sites for hydroxylation is 1. The molecule has 1 unspecified atom stereocenters. The zero-order chi connectivity index (χ0) is 13.3. The number of aliphatic hydroxyl groups is 1. The highest BCUT2D eigenvalue weighted by Crippen LogP contribution is 2.34. The lowest BCUT2D eigenvalue weighted by Crippen LogP contribution is -2.26. The van der Waals surface area contributed by atoms with Gasteiger partial charge in [-0.25, -0.2) is 4.98 Å². The fraction of sp³-hybridized carbons (Fsp3) is 0.214. The summed E-state index contributed by atoms with van der Waals surface area (Å²) < 4.78 is 1.13. The van der Waals surface area contributed by atoms with Gasteiger partial charge in [-0.1, -0.05) is 12.1 Å². The molecule has 0 aliphatic carbocycles. The van der Waals surface area contributed by atoms with Gasteiger partial charge in [0.1, 0.15) is 11.4 Å². The van der Waals surface area contributed by atoms with Crippen molar-refractivity contribution in [3.63, 3.8) is 0 Å². The van der Waals surface area contributed by atoms with Gasteiger partial charge in [0.15, 0.2) is 0 Å². The van der Waals surface area contributed by atoms with E-state index in [1.54, 1.807) is 13.1 Å². The molecule has 1 atom stereocenters. The summed E-state index contributed by atoms with van der Waals surface area (Å²) in [6.07, 6.45) is 1.65. The number of benzene rings is 1. The van der Waals surface area contributed by atoms with Crippen LogP contribution in [-0.4, -0.2) is 10.1 Å². The van der Waals surface area contributed by atoms with Crippen LogP contribution in [0.4, 0.5) is 5.82 Å². The third kappa shape index (κ3) is 2.35. The van der Waals surface area contributed by atoms with Gasteiger partial charge < -0.3 is 10.8 Å². The van der Waals surface area contributed by atoms with Crippen molar-refractivity contribution in [3.05, 3.63) is 56.8 Å². The van der Waals surface area contributed by atoms with Gasteiger partial charge in [-0.3, -0.25) is 0 Å². The first-order valence-corrected chi connectivity index (χ1v) is 6.71. The highest BCUT2D eigenvalue weighted by molar-refractivity contribution is 14.1. The van der Waals surface area contributed by atoms with Crippen molar-refractivity contribution in [1.29, 1.82) is 0 Å². The van der Waals surface area contributed by atoms with E-state index in [0.29, 0.717) is 11.4 Å². The molecule has 0 aliphatic rings. The van der Waals surface area contributed by atoms with Crippen molar-refractivity contribution in [2.45, 2.75) is 19.4 Å². The van der Waals surface area contributed by atoms with Crippen LogP contribution in [0, 0.1) is 10.5 Å². The summed E-state index contributed by atoms with van der Waals surface area (Å²) >= 11 is 2.23. The van der Waals surface area contributed by atoms with Crippen LogP contribution in [0.2, 0.25) is 0 Å². The predicted molar refractivity (Wildman–Crippen MR) is 81.2 cm³/mol. The Morgan fingerprint density at radius 2 is 1.83 bits per heavy atom. The molecule has 0 aliphatic heterocycles. The average Bonchev–Trinajstić information content (AvgIpc) is 2.29. The van der Waals surface area contributed by atoms with Crippen molar-refractivity contribution in [2.24, 2.45) is 0 Å². The smallest absolute Gasteiger partial charge is 0.130 e. The second-order valence-corrected chi connectivity index (χ2v) is 5.71. The Hall–Kier alpha value is -1.14. The maximum atomic E-state index is 10.8. The number of nitrogens with two attached hydrogens (primary N) is 1. The number of nitrogen functional groups attached to an aromatic ring is 1. The van der Waals surface area contributed by atoms with Crippen LogP contribution in [0.25, 0.3) is 0 Å². The minimum absolute atomic E-state index is 0.374. The van der Waals surface area contributed by atoms with E-state index in [1.165, 1.54) is 0 Å². The molecular weight excluding hydrogens is 339 g/mol. The predicted octanol–water partition coefficient (Wildman–Crippen LogP) is 2.83. The summed E-state index contributed by atoms with van der Waals surface area (Å²) in [5, 5.41) is 10.8. The van der Waals surface area contributed by atoms with E-state index in [0.717, 1.165) is 14.7 Å². The fourth-order valence-electron chi connectivity index (χ4n) is 2.13. The van der Waals surface area contributed by atoms with Crippen LogP contribution in [0.15, 0.2) is 36.5 Å². The van der Waals surface area contributed by atoms with E-state index in [2.05, 4.69) is 27.6 Å². The molecule has 0 bridgehead atoms. The summed E-state index contributed by atoms with van der Waals surface area (Å²) in [6, 6.07) is 9.60. The molecule has 0 radical (unpaired) electrons. The summed E-state index contributed by atoms with van der Waals surface area (Å²) in [6.45, 7) is 3.67. The fourth-order valence-corrected chi connectivity index (χ4v) is 2.49. The molecule has 4 heteroatoms. The lowest BCUT2D eigenvalue weighted by atomic mass is 9.86. The van der Waals surface area contributed by atoms with Crippen molar-refractivity contribution >= 4 is 28.4 Å². The molecule has 0 spiro atoms. The first kappa shape index (κ1) is 13.3. The maximum Gasteiger partial charge on any atom is 0.130 e. The van der Waals surface area contributed by atoms with Crippen LogP contribution in [0.5, 0.6) is 0 Å². The number of hydrogen-bond acceptors (Lipinski definition) is 3. The first-order valence-electron chi connectivity index (χ1n) is 5.63. The van der Waals surface area contributed by atoms with Crippen LogP contribution in [0.3, 0.4) is 0 Å². The molecule has 0 saturated heterocycles. The van der Waals surface area contributed by atoms with E-state index in [4.69, 9.17) is 5.73 Å². The number of pyridine rings is 1. The zero-order valence-corrected chi connectivity index (χ0v) is 12.5. The largest absolute Gasteiger partial charge is 0.383 e. The normalized spacial score (nSPS) is 14.2. The molecule has 1 aromatic heterocycles. The Labute approximate surface area is 120 Å². The van der Waals surface area contributed by atoms with Crippen LogP contribution in [0.1, 0.15) is 23.6 Å². The number of anilines is 1. The number of halogens is 1. The standard InChI is InChI=1S/C14H15IN2O/c1-9-7-8-17-13(16)12(9)14(2,18)10-3-5-11(15)6-4-10/h3-8,18H,1-2H3,(H2,16,17). The molecule has 0 amide bonds. The Balaban J connectivity index is 2.57. The van der Waals surface area contributed by atoms with Gasteiger partial charge in [0.05, 0.1) is 0 Å². The molecule has 2 rings (SSSR count). The van der Waals surface area contributed by atoms with E-state index >= 15 is 0 Å². The quantitative estimate of drug-likeness (QED) is 0.816. The molecule has 18 heavy (non-hydrogen) atoms. The second-order valence-electron chi connectivity index (χ2n) is 4.47. The van der Waals surface area contributed by atoms with E-state index in [-0.39, 0.29) is 0 Å². The van der Waals surface area contributed by atoms with Crippen molar-refractivity contribution in [1.82, 2.24) is 4.98 Å². The second kappa shape index (κ2) is 4.85. The zero-order valence-electron chi connectivity index (χ0n) is 10.3. The Morgan fingerprint density at radius 1 is 1.22 bits per heavy atom. The highest BCUT2D eigenvalue weighted by Gasteiger charge is 2.29. The Kier molecular flexibility index (Phi) is 3.59. The Morgan fingerprint density at radius 3 is 2.39 bits per heavy atom. The van der Waals surface area contributed by atoms with Gasteiger partial charge in [0, 0.05) is 15.3 Å². The minimum Gasteiger partial charge on any atom is -0.383 e. The molecule has 0 fully saturated rings. The maximum absolute atomic E-state index is 10.8. The van der Waals surface area contributed by atoms with Gasteiger partial charge in [-0.2, -0.15) is 0 Å². The molecule has 3 nitrogen and oxygen atoms in total. The van der Waals surface area contributed by atoms with Gasteiger partial charge in [0.25, 0.3) is 0 Å². The van der Waals surface area contributed by atoms with Gasteiger partial charge in [-0.15, -0.1) is 0 Å². The lowest BCUT2D eigenvalue weighted by Gasteiger charge is -2.27. The lowest BCUT2D eigenvalue weighted by molar-refractivity contribution is 0.102. The van der Waals surface area contributed by atoms with Crippen molar-refractivity contribution in [3.8, 4) is 0 Å². The van der Waals surface area contributed by atoms with E-state index in [1.807, 2.05) is 37.3 Å². The number of rotatable bonds is 2. The molecule has 2 aromatic rings. The number of nitrogens with zero attached hydrogens (tertiary/aromatic N) is 1. The van der Waals surface area contributed by atoms with Gasteiger partial charge in [-0.05, 0) is 65.8 Å². The molecule has 1 heterocycles. The molecule has 0 saturated carbocycles. The van der Waals surface area contributed by atoms with Crippen LogP contribution < -0.4 is 5.73 Å². The van der Waals surface area contributed by atoms with E-state index < -0.39 is 5.60 Å². The van der Waals surface area contributed by atoms with E-state index in [9.17, 15) is 5.11 Å². The SMILES string of the molecule is Cc1ccnc(N)c1C(C)(O)c1ccc(I)cc1. The number of hydrogen-bond donors (Lipinski definition) is 2. The molecule has 94 valence electrons. The third-order valence-corrected chi connectivity index (χ3v) is 3.80. The van der Waals surface area contributed by atoms with Crippen LogP contribution in [-0.2, 0) is 5.60 Å². The molecule has 1 aromatic carbocycles. The average molecular weight is 354 g/mol. The minimum atomic E-state index is -1.13. The topological polar surface area (TPSA) is 59.1 Å². The summed E-state index contributed by atoms with van der Waals surface area (Å²) in [7, 11) is 0. The van der Waals surface area contributed by atoms with Crippen LogP contribution >= 0.6 is 22.6 Å². The Bertz CT molecular complexity index is 544. The molecular formula is C14H15IN2O. The summed E-state index contributed by atoms with van der Waals surface area (Å²) in [5.41, 5.74) is 7.19. The number of aromatic nitrogens is 1. The molecule has 3 N–H and O–H groups in total. The summed E-state index contributed by atoms with van der Waals surface area (Å²) in [4.78, 5) is 4.07. The van der Waals surface area contributed by atoms with Gasteiger partial charge in [0.2, 0.25) is 0 Å². The van der Waals surface area contributed by atoms with Crippen molar-refractivity contribution in [2.75, 3.05) is 5.73 Å². The summed E-state index contributed by atoms with van der Waals surface area (Å²) in [5.74, 6) is 0.374.